The van der Waals surface area contributed by atoms with Crippen LogP contribution in [-0.2, 0) is 10.4 Å². The number of nitrogens with one attached hydrogen (secondary N) is 2. The molecular weight excluding hydrogens is 363 g/mol. The third-order valence-electron chi connectivity index (χ3n) is 4.30. The number of nitrogens with zero attached hydrogens (tertiary/aromatic N) is 4. The van der Waals surface area contributed by atoms with Gasteiger partial charge in [0, 0.05) is 30.7 Å². The highest BCUT2D eigenvalue weighted by Crippen LogP contribution is 2.32. The summed E-state index contributed by atoms with van der Waals surface area (Å²) in [5, 5.41) is 15.6. The maximum Gasteiger partial charge on any atom is 0.169 e. The second-order valence-electron chi connectivity index (χ2n) is 5.97. The number of anilines is 1. The van der Waals surface area contributed by atoms with E-state index in [0.29, 0.717) is 29.4 Å². The number of rotatable bonds is 6. The number of aromatic nitrogens is 3. The van der Waals surface area contributed by atoms with E-state index in [4.69, 9.17) is 14.6 Å². The van der Waals surface area contributed by atoms with Crippen LogP contribution in [0.2, 0.25) is 0 Å². The molecule has 1 aliphatic heterocycles. The Bertz CT molecular complexity index is 1070. The third-order valence-corrected chi connectivity index (χ3v) is 4.30. The van der Waals surface area contributed by atoms with E-state index in [1.807, 2.05) is 6.07 Å². The van der Waals surface area contributed by atoms with E-state index >= 15 is 0 Å². The Morgan fingerprint density at radius 2 is 2.32 bits per heavy atom. The van der Waals surface area contributed by atoms with Crippen LogP contribution >= 0.6 is 0 Å². The van der Waals surface area contributed by atoms with Gasteiger partial charge in [-0.05, 0) is 29.8 Å². The average Bonchev–Trinajstić information content (AvgIpc) is 3.47. The van der Waals surface area contributed by atoms with Crippen molar-refractivity contribution in [2.75, 3.05) is 11.9 Å². The molecule has 4 rings (SSSR count). The van der Waals surface area contributed by atoms with E-state index in [0.717, 1.165) is 0 Å². The third kappa shape index (κ3) is 3.24. The van der Waals surface area contributed by atoms with Gasteiger partial charge < -0.3 is 9.84 Å². The zero-order valence-electron chi connectivity index (χ0n) is 14.5. The van der Waals surface area contributed by atoms with Gasteiger partial charge in [0.2, 0.25) is 0 Å². The van der Waals surface area contributed by atoms with Crippen LogP contribution in [0.15, 0.2) is 65.8 Å². The minimum atomic E-state index is -0.920. The molecule has 0 saturated carbocycles. The lowest BCUT2D eigenvalue weighted by atomic mass is 9.93. The quantitative estimate of drug-likeness (QED) is 0.636. The normalized spacial score (nSPS) is 18.3. The van der Waals surface area contributed by atoms with E-state index in [-0.39, 0.29) is 0 Å². The van der Waals surface area contributed by atoms with Crippen LogP contribution in [0.4, 0.5) is 10.2 Å². The number of hydrogen-bond acceptors (Lipinski definition) is 7. The number of hydrogen-bond donors (Lipinski definition) is 2. The molecule has 0 saturated heterocycles. The number of halogens is 1. The van der Waals surface area contributed by atoms with Crippen molar-refractivity contribution >= 4 is 11.9 Å². The lowest BCUT2D eigenvalue weighted by Gasteiger charge is -2.27. The summed E-state index contributed by atoms with van der Waals surface area (Å²) in [5.74, 6) is 0.550. The molecule has 0 radical (unpaired) electrons. The Morgan fingerprint density at radius 3 is 3.04 bits per heavy atom. The molecule has 0 amide bonds. The predicted octanol–water partition coefficient (Wildman–Crippen LogP) is 2.89. The average molecular weight is 378 g/mol. The summed E-state index contributed by atoms with van der Waals surface area (Å²) in [6.07, 6.45) is 10.9. The number of nitriles is 1. The highest BCUT2D eigenvalue weighted by atomic mass is 19.1. The van der Waals surface area contributed by atoms with Gasteiger partial charge >= 0.3 is 0 Å². The second kappa shape index (κ2) is 7.38. The van der Waals surface area contributed by atoms with Gasteiger partial charge in [-0.2, -0.15) is 5.26 Å². The zero-order chi connectivity index (χ0) is 19.4. The molecule has 8 nitrogen and oxygen atoms in total. The summed E-state index contributed by atoms with van der Waals surface area (Å²) in [6.45, 7) is 0.309. The molecule has 1 aliphatic rings. The number of hydroxylamine groups is 1. The number of imidazole rings is 1. The fourth-order valence-corrected chi connectivity index (χ4v) is 2.94. The van der Waals surface area contributed by atoms with Crippen molar-refractivity contribution in [2.45, 2.75) is 5.60 Å². The van der Waals surface area contributed by atoms with Gasteiger partial charge in [-0.3, -0.25) is 14.9 Å². The van der Waals surface area contributed by atoms with Gasteiger partial charge in [-0.25, -0.2) is 9.37 Å². The van der Waals surface area contributed by atoms with Crippen molar-refractivity contribution in [3.8, 4) is 11.8 Å². The van der Waals surface area contributed by atoms with Crippen LogP contribution in [-0.4, -0.2) is 21.3 Å². The first-order chi connectivity index (χ1) is 13.7. The Balaban J connectivity index is 1.65. The molecule has 3 heterocycles. The molecule has 0 fully saturated rings. The molecule has 1 aromatic carbocycles. The van der Waals surface area contributed by atoms with E-state index in [9.17, 15) is 4.39 Å². The van der Waals surface area contributed by atoms with Crippen LogP contribution in [0.5, 0.6) is 0 Å². The Morgan fingerprint density at radius 1 is 1.39 bits per heavy atom. The minimum absolute atomic E-state index is 0.309. The summed E-state index contributed by atoms with van der Waals surface area (Å²) in [7, 11) is 0. The van der Waals surface area contributed by atoms with E-state index in [1.165, 1.54) is 24.5 Å². The van der Waals surface area contributed by atoms with Gasteiger partial charge in [-0.15, -0.1) is 0 Å². The number of allylic oxidation sites excluding steroid dienone is 1. The zero-order valence-corrected chi connectivity index (χ0v) is 14.5. The van der Waals surface area contributed by atoms with Crippen molar-refractivity contribution in [1.29, 1.82) is 5.26 Å². The van der Waals surface area contributed by atoms with Crippen LogP contribution in [0.25, 0.3) is 11.8 Å². The van der Waals surface area contributed by atoms with Gasteiger partial charge in [0.05, 0.1) is 18.3 Å². The predicted molar refractivity (Wildman–Crippen MR) is 98.2 cm³/mol. The summed E-state index contributed by atoms with van der Waals surface area (Å²) in [6, 6.07) is 8.41. The van der Waals surface area contributed by atoms with Crippen molar-refractivity contribution in [2.24, 2.45) is 0 Å². The van der Waals surface area contributed by atoms with E-state index in [1.54, 1.807) is 47.4 Å². The molecule has 2 N–H and O–H groups in total. The van der Waals surface area contributed by atoms with Crippen molar-refractivity contribution in [3.05, 3.63) is 78.5 Å². The molecule has 140 valence electrons. The topological polar surface area (TPSA) is 101 Å². The fraction of sp³-hybridized carbons (Fsp3) is 0.105. The Labute approximate surface area is 159 Å². The van der Waals surface area contributed by atoms with Crippen molar-refractivity contribution < 1.29 is 13.8 Å². The van der Waals surface area contributed by atoms with Crippen LogP contribution in [0.3, 0.4) is 0 Å². The maximum absolute atomic E-state index is 15.0. The first-order valence-electron chi connectivity index (χ1n) is 8.37. The largest absolute Gasteiger partial charge is 0.364 e. The first kappa shape index (κ1) is 17.5. The molecule has 0 aliphatic carbocycles. The van der Waals surface area contributed by atoms with Crippen molar-refractivity contribution in [3.63, 3.8) is 0 Å². The maximum atomic E-state index is 15.0. The summed E-state index contributed by atoms with van der Waals surface area (Å²) in [4.78, 5) is 9.80. The highest BCUT2D eigenvalue weighted by molar-refractivity contribution is 5.50. The lowest BCUT2D eigenvalue weighted by molar-refractivity contribution is -0.0321. The van der Waals surface area contributed by atoms with E-state index < -0.39 is 11.4 Å². The Kier molecular flexibility index (Phi) is 4.62. The molecule has 0 bridgehead atoms. The number of benzene rings is 1. The second-order valence-corrected chi connectivity index (χ2v) is 5.97. The van der Waals surface area contributed by atoms with Crippen LogP contribution in [0.1, 0.15) is 11.4 Å². The van der Waals surface area contributed by atoms with Crippen molar-refractivity contribution in [1.82, 2.24) is 20.2 Å². The molecule has 1 atom stereocenters. The van der Waals surface area contributed by atoms with Crippen LogP contribution in [0, 0.1) is 17.1 Å². The molecule has 0 spiro atoms. The smallest absolute Gasteiger partial charge is 0.169 e. The van der Waals surface area contributed by atoms with Gasteiger partial charge in [-0.1, -0.05) is 11.2 Å². The molecule has 1 unspecified atom stereocenters. The van der Waals surface area contributed by atoms with E-state index in [2.05, 4.69) is 20.9 Å². The molecular formula is C19H15FN6O2. The van der Waals surface area contributed by atoms with Gasteiger partial charge in [0.1, 0.15) is 17.9 Å². The SMILES string of the molecule is N#CC=Cc1nccn1-c1ccc(C2(CNc3ccon3)C=CNO2)cc1F. The first-order valence-corrected chi connectivity index (χ1v) is 8.37. The molecule has 2 aromatic heterocycles. The van der Waals surface area contributed by atoms with Gasteiger partial charge in [0.15, 0.2) is 11.4 Å². The minimum Gasteiger partial charge on any atom is -0.364 e. The summed E-state index contributed by atoms with van der Waals surface area (Å²) < 4.78 is 21.3. The molecule has 28 heavy (non-hydrogen) atoms. The highest BCUT2D eigenvalue weighted by Gasteiger charge is 2.35. The lowest BCUT2D eigenvalue weighted by Crippen LogP contribution is -2.35. The fourth-order valence-electron chi connectivity index (χ4n) is 2.94. The Hall–Kier alpha value is -3.90. The van der Waals surface area contributed by atoms with Crippen LogP contribution < -0.4 is 10.8 Å². The molecule has 9 heteroatoms. The van der Waals surface area contributed by atoms with Gasteiger partial charge in [0.25, 0.3) is 0 Å². The monoisotopic (exact) mass is 378 g/mol. The summed E-state index contributed by atoms with van der Waals surface area (Å²) in [5.41, 5.74) is 2.70. The standard InChI is InChI=1S/C19H15FN6O2/c20-15-12-14(3-4-16(15)26-10-9-22-18(26)2-1-7-21)19(6-8-24-28-19)13-23-17-5-11-27-25-17/h1-6,8-12,24H,13H2,(H,23,25). The molecule has 3 aromatic rings. The summed E-state index contributed by atoms with van der Waals surface area (Å²) >= 11 is 0.